The number of para-hydroxylation sites is 1. The van der Waals surface area contributed by atoms with Crippen LogP contribution in [-0.4, -0.2) is 30.5 Å². The van der Waals surface area contributed by atoms with Crippen LogP contribution in [0.2, 0.25) is 0 Å². The highest BCUT2D eigenvalue weighted by atomic mass is 32.2. The van der Waals surface area contributed by atoms with Crippen LogP contribution in [0.1, 0.15) is 11.3 Å². The van der Waals surface area contributed by atoms with Crippen LogP contribution < -0.4 is 0 Å². The molecule has 0 radical (unpaired) electrons. The van der Waals surface area contributed by atoms with Crippen molar-refractivity contribution in [3.8, 4) is 0 Å². The summed E-state index contributed by atoms with van der Waals surface area (Å²) < 4.78 is 24.6. The van der Waals surface area contributed by atoms with Gasteiger partial charge in [0, 0.05) is 23.1 Å². The lowest BCUT2D eigenvalue weighted by atomic mass is 10.1. The van der Waals surface area contributed by atoms with Crippen LogP contribution in [0.3, 0.4) is 0 Å². The Labute approximate surface area is 100 Å². The summed E-state index contributed by atoms with van der Waals surface area (Å²) in [6.07, 6.45) is 2.05. The smallest absolute Gasteiger partial charge is 0.211 e. The summed E-state index contributed by atoms with van der Waals surface area (Å²) in [5.41, 5.74) is 3.39. The summed E-state index contributed by atoms with van der Waals surface area (Å²) >= 11 is 0. The molecule has 2 aromatic rings. The molecule has 1 aromatic carbocycles. The van der Waals surface area contributed by atoms with E-state index in [1.165, 1.54) is 21.5 Å². The molecule has 0 saturated heterocycles. The number of benzene rings is 1. The molecule has 3 rings (SSSR count). The first kappa shape index (κ1) is 10.8. The molecule has 0 unspecified atom stereocenters. The number of sulfonamides is 1. The number of aromatic amines is 1. The number of hydrogen-bond donors (Lipinski definition) is 1. The van der Waals surface area contributed by atoms with Crippen LogP contribution in [0.4, 0.5) is 0 Å². The molecule has 1 aliphatic heterocycles. The molecule has 0 bridgehead atoms. The lowest BCUT2D eigenvalue weighted by Gasteiger charge is -2.24. The summed E-state index contributed by atoms with van der Waals surface area (Å²) in [6, 6.07) is 8.11. The van der Waals surface area contributed by atoms with Gasteiger partial charge in [-0.3, -0.25) is 0 Å². The van der Waals surface area contributed by atoms with Crippen LogP contribution in [0, 0.1) is 0 Å². The van der Waals surface area contributed by atoms with Crippen LogP contribution in [0.15, 0.2) is 24.3 Å². The minimum Gasteiger partial charge on any atom is -0.357 e. The monoisotopic (exact) mass is 250 g/mol. The van der Waals surface area contributed by atoms with Gasteiger partial charge in [0.1, 0.15) is 0 Å². The van der Waals surface area contributed by atoms with Gasteiger partial charge in [-0.05, 0) is 18.1 Å². The molecule has 0 spiro atoms. The second kappa shape index (κ2) is 3.58. The van der Waals surface area contributed by atoms with Crippen molar-refractivity contribution in [3.05, 3.63) is 35.5 Å². The highest BCUT2D eigenvalue weighted by Crippen LogP contribution is 2.28. The zero-order valence-electron chi connectivity index (χ0n) is 9.60. The molecule has 0 amide bonds. The second-order valence-corrected chi connectivity index (χ2v) is 6.46. The van der Waals surface area contributed by atoms with Crippen LogP contribution >= 0.6 is 0 Å². The van der Waals surface area contributed by atoms with E-state index < -0.39 is 10.0 Å². The Bertz CT molecular complexity index is 673. The maximum atomic E-state index is 11.5. The highest BCUT2D eigenvalue weighted by Gasteiger charge is 2.25. The molecule has 4 nitrogen and oxygen atoms in total. The molecular weight excluding hydrogens is 236 g/mol. The summed E-state index contributed by atoms with van der Waals surface area (Å²) in [5, 5.41) is 1.22. The first-order valence-electron chi connectivity index (χ1n) is 5.59. The van der Waals surface area contributed by atoms with Crippen molar-refractivity contribution in [2.45, 2.75) is 13.0 Å². The topological polar surface area (TPSA) is 53.2 Å². The Kier molecular flexibility index (Phi) is 2.27. The van der Waals surface area contributed by atoms with Crippen molar-refractivity contribution < 1.29 is 8.42 Å². The van der Waals surface area contributed by atoms with Gasteiger partial charge in [0.2, 0.25) is 10.0 Å². The van der Waals surface area contributed by atoms with Crippen LogP contribution in [-0.2, 0) is 23.0 Å². The Balaban J connectivity index is 2.09. The van der Waals surface area contributed by atoms with E-state index in [4.69, 9.17) is 0 Å². The third-order valence-electron chi connectivity index (χ3n) is 3.32. The standard InChI is InChI=1S/C12H14N2O2S/c1-17(15,16)14-7-6-10-9-4-2-3-5-11(9)13-12(10)8-14/h2-5,13H,6-8H2,1H3. The summed E-state index contributed by atoms with van der Waals surface area (Å²) in [5.74, 6) is 0. The minimum absolute atomic E-state index is 0.461. The van der Waals surface area contributed by atoms with E-state index in [0.717, 1.165) is 17.6 Å². The minimum atomic E-state index is -3.09. The largest absolute Gasteiger partial charge is 0.357 e. The van der Waals surface area contributed by atoms with Gasteiger partial charge in [0.05, 0.1) is 12.8 Å². The third kappa shape index (κ3) is 1.75. The maximum absolute atomic E-state index is 11.5. The number of aromatic nitrogens is 1. The molecule has 0 aliphatic carbocycles. The molecule has 1 aromatic heterocycles. The molecule has 0 saturated carbocycles. The van der Waals surface area contributed by atoms with E-state index in [0.29, 0.717) is 13.1 Å². The number of rotatable bonds is 1. The normalized spacial score (nSPS) is 17.2. The molecule has 17 heavy (non-hydrogen) atoms. The molecule has 2 heterocycles. The number of fused-ring (bicyclic) bond motifs is 3. The average Bonchev–Trinajstić information content (AvgIpc) is 2.65. The molecule has 0 atom stereocenters. The van der Waals surface area contributed by atoms with Gasteiger partial charge in [0.25, 0.3) is 0 Å². The first-order valence-corrected chi connectivity index (χ1v) is 7.44. The summed E-state index contributed by atoms with van der Waals surface area (Å²) in [7, 11) is -3.09. The fourth-order valence-corrected chi connectivity index (χ4v) is 3.24. The van der Waals surface area contributed by atoms with Crippen molar-refractivity contribution in [2.24, 2.45) is 0 Å². The van der Waals surface area contributed by atoms with Gasteiger partial charge < -0.3 is 4.98 Å². The van der Waals surface area contributed by atoms with Crippen LogP contribution in [0.5, 0.6) is 0 Å². The molecular formula is C12H14N2O2S. The predicted octanol–water partition coefficient (Wildman–Crippen LogP) is 1.49. The van der Waals surface area contributed by atoms with E-state index in [1.807, 2.05) is 18.2 Å². The fraction of sp³-hybridized carbons (Fsp3) is 0.333. The van der Waals surface area contributed by atoms with Crippen molar-refractivity contribution in [1.29, 1.82) is 0 Å². The predicted molar refractivity (Wildman–Crippen MR) is 67.3 cm³/mol. The SMILES string of the molecule is CS(=O)(=O)N1CCc2c([nH]c3ccccc23)C1. The van der Waals surface area contributed by atoms with Gasteiger partial charge in [0.15, 0.2) is 0 Å². The lowest BCUT2D eigenvalue weighted by molar-refractivity contribution is 0.392. The number of nitrogens with zero attached hydrogens (tertiary/aromatic N) is 1. The fourth-order valence-electron chi connectivity index (χ4n) is 2.45. The van der Waals surface area contributed by atoms with Gasteiger partial charge in [-0.25, -0.2) is 8.42 Å². The second-order valence-electron chi connectivity index (χ2n) is 4.47. The first-order chi connectivity index (χ1) is 8.05. The van der Waals surface area contributed by atoms with Crippen LogP contribution in [0.25, 0.3) is 10.9 Å². The molecule has 1 N–H and O–H groups in total. The number of nitrogens with one attached hydrogen (secondary N) is 1. The van der Waals surface area contributed by atoms with E-state index in [-0.39, 0.29) is 0 Å². The van der Waals surface area contributed by atoms with Crippen molar-refractivity contribution in [2.75, 3.05) is 12.8 Å². The Morgan fingerprint density at radius 1 is 1.29 bits per heavy atom. The van der Waals surface area contributed by atoms with E-state index in [2.05, 4.69) is 11.1 Å². The number of hydrogen-bond acceptors (Lipinski definition) is 2. The van der Waals surface area contributed by atoms with Gasteiger partial charge >= 0.3 is 0 Å². The van der Waals surface area contributed by atoms with Gasteiger partial charge in [-0.1, -0.05) is 18.2 Å². The lowest BCUT2D eigenvalue weighted by Crippen LogP contribution is -2.34. The van der Waals surface area contributed by atoms with E-state index in [1.54, 1.807) is 0 Å². The molecule has 5 heteroatoms. The quantitative estimate of drug-likeness (QED) is 0.833. The Morgan fingerprint density at radius 2 is 2.06 bits per heavy atom. The zero-order chi connectivity index (χ0) is 12.0. The zero-order valence-corrected chi connectivity index (χ0v) is 10.4. The van der Waals surface area contributed by atoms with Gasteiger partial charge in [-0.2, -0.15) is 4.31 Å². The Morgan fingerprint density at radius 3 is 2.82 bits per heavy atom. The summed E-state index contributed by atoms with van der Waals surface area (Å²) in [6.45, 7) is 1.04. The average molecular weight is 250 g/mol. The maximum Gasteiger partial charge on any atom is 0.211 e. The molecule has 90 valence electrons. The van der Waals surface area contributed by atoms with Crippen molar-refractivity contribution in [1.82, 2.24) is 9.29 Å². The van der Waals surface area contributed by atoms with Crippen molar-refractivity contribution >= 4 is 20.9 Å². The van der Waals surface area contributed by atoms with E-state index in [9.17, 15) is 8.42 Å². The Hall–Kier alpha value is -1.33. The molecule has 0 fully saturated rings. The van der Waals surface area contributed by atoms with E-state index >= 15 is 0 Å². The third-order valence-corrected chi connectivity index (χ3v) is 4.57. The highest BCUT2D eigenvalue weighted by molar-refractivity contribution is 7.88. The molecule has 1 aliphatic rings. The van der Waals surface area contributed by atoms with Crippen molar-refractivity contribution in [3.63, 3.8) is 0 Å². The van der Waals surface area contributed by atoms with Gasteiger partial charge in [-0.15, -0.1) is 0 Å². The number of H-pyrrole nitrogens is 1. The summed E-state index contributed by atoms with van der Waals surface area (Å²) in [4.78, 5) is 3.31.